The Morgan fingerprint density at radius 1 is 1.50 bits per heavy atom. The van der Waals surface area contributed by atoms with E-state index in [1.165, 1.54) is 0 Å². The van der Waals surface area contributed by atoms with Gasteiger partial charge < -0.3 is 9.47 Å². The lowest BCUT2D eigenvalue weighted by Crippen LogP contribution is -2.21. The molecule has 0 bridgehead atoms. The van der Waals surface area contributed by atoms with Crippen molar-refractivity contribution in [1.29, 1.82) is 0 Å². The van der Waals surface area contributed by atoms with Crippen molar-refractivity contribution in [2.24, 2.45) is 11.8 Å². The van der Waals surface area contributed by atoms with E-state index in [1.807, 2.05) is 0 Å². The molecule has 2 nitrogen and oxygen atoms in total. The van der Waals surface area contributed by atoms with Gasteiger partial charge in [0, 0.05) is 19.6 Å². The second-order valence-electron chi connectivity index (χ2n) is 3.13. The molecule has 0 aromatic carbocycles. The van der Waals surface area contributed by atoms with Crippen LogP contribution in [0.2, 0.25) is 0 Å². The van der Waals surface area contributed by atoms with Gasteiger partial charge in [0.05, 0.1) is 12.7 Å². The highest BCUT2D eigenvalue weighted by atomic mass is 16.5. The summed E-state index contributed by atoms with van der Waals surface area (Å²) in [6.45, 7) is 6.07. The summed E-state index contributed by atoms with van der Waals surface area (Å²) in [5, 5.41) is 0. The van der Waals surface area contributed by atoms with E-state index in [9.17, 15) is 0 Å². The first kappa shape index (κ1) is 8.02. The molecule has 3 atom stereocenters. The first-order valence-corrected chi connectivity index (χ1v) is 3.86. The summed E-state index contributed by atoms with van der Waals surface area (Å²) < 4.78 is 10.5. The maximum absolute atomic E-state index is 5.45. The molecule has 1 saturated heterocycles. The predicted molar refractivity (Wildman–Crippen MR) is 39.9 cm³/mol. The molecule has 2 heteroatoms. The summed E-state index contributed by atoms with van der Waals surface area (Å²) in [5.41, 5.74) is 0. The summed E-state index contributed by atoms with van der Waals surface area (Å²) in [5.74, 6) is 1.26. The molecule has 0 N–H and O–H groups in total. The zero-order valence-electron chi connectivity index (χ0n) is 6.96. The highest BCUT2D eigenvalue weighted by Crippen LogP contribution is 2.26. The summed E-state index contributed by atoms with van der Waals surface area (Å²) in [6.07, 6.45) is 0.384. The van der Waals surface area contributed by atoms with E-state index < -0.39 is 0 Å². The Kier molecular flexibility index (Phi) is 2.69. The van der Waals surface area contributed by atoms with Crippen molar-refractivity contribution >= 4 is 0 Å². The van der Waals surface area contributed by atoms with E-state index in [1.54, 1.807) is 7.11 Å². The first-order chi connectivity index (χ1) is 4.75. The lowest BCUT2D eigenvalue weighted by molar-refractivity contribution is 0.0711. The van der Waals surface area contributed by atoms with E-state index in [0.717, 1.165) is 13.2 Å². The standard InChI is InChI=1S/C8H16O2/c1-6-4-10-7(2)8(6)5-9-3/h6-8H,4-5H2,1-3H3/t6-,7-,8-/m0/s1. The molecule has 1 rings (SSSR count). The maximum Gasteiger partial charge on any atom is 0.0600 e. The Morgan fingerprint density at radius 2 is 2.20 bits per heavy atom. The van der Waals surface area contributed by atoms with Gasteiger partial charge in [0.15, 0.2) is 0 Å². The normalized spacial score (nSPS) is 40.5. The van der Waals surface area contributed by atoms with Crippen LogP contribution in [0.4, 0.5) is 0 Å². The van der Waals surface area contributed by atoms with Crippen molar-refractivity contribution in [3.8, 4) is 0 Å². The number of hydrogen-bond donors (Lipinski definition) is 0. The van der Waals surface area contributed by atoms with Crippen LogP contribution >= 0.6 is 0 Å². The van der Waals surface area contributed by atoms with Gasteiger partial charge in [-0.2, -0.15) is 0 Å². The Bertz CT molecular complexity index is 93.4. The van der Waals surface area contributed by atoms with E-state index >= 15 is 0 Å². The summed E-state index contributed by atoms with van der Waals surface area (Å²) >= 11 is 0. The van der Waals surface area contributed by atoms with Gasteiger partial charge in [-0.15, -0.1) is 0 Å². The second kappa shape index (κ2) is 3.35. The molecule has 0 aliphatic carbocycles. The van der Waals surface area contributed by atoms with Crippen molar-refractivity contribution in [1.82, 2.24) is 0 Å². The minimum Gasteiger partial charge on any atom is -0.384 e. The lowest BCUT2D eigenvalue weighted by Gasteiger charge is -2.15. The van der Waals surface area contributed by atoms with Gasteiger partial charge in [0.25, 0.3) is 0 Å². The Morgan fingerprint density at radius 3 is 2.60 bits per heavy atom. The molecule has 0 saturated carbocycles. The van der Waals surface area contributed by atoms with Crippen LogP contribution in [0.5, 0.6) is 0 Å². The summed E-state index contributed by atoms with van der Waals surface area (Å²) in [6, 6.07) is 0. The highest BCUT2D eigenvalue weighted by Gasteiger charge is 2.30. The van der Waals surface area contributed by atoms with Gasteiger partial charge in [0.1, 0.15) is 0 Å². The maximum atomic E-state index is 5.45. The van der Waals surface area contributed by atoms with Gasteiger partial charge in [-0.1, -0.05) is 6.92 Å². The molecule has 0 unspecified atom stereocenters. The first-order valence-electron chi connectivity index (χ1n) is 3.86. The molecular formula is C8H16O2. The fourth-order valence-electron chi connectivity index (χ4n) is 1.51. The fraction of sp³-hybridized carbons (Fsp3) is 1.00. The molecule has 0 aromatic rings. The Labute approximate surface area is 62.5 Å². The predicted octanol–water partition coefficient (Wildman–Crippen LogP) is 1.30. The molecular weight excluding hydrogens is 128 g/mol. The molecule has 10 heavy (non-hydrogen) atoms. The topological polar surface area (TPSA) is 18.5 Å². The molecule has 1 aliphatic heterocycles. The molecule has 1 fully saturated rings. The highest BCUT2D eigenvalue weighted by molar-refractivity contribution is 4.77. The number of rotatable bonds is 2. The third kappa shape index (κ3) is 1.50. The number of ether oxygens (including phenoxy) is 2. The smallest absolute Gasteiger partial charge is 0.0600 e. The van der Waals surface area contributed by atoms with Crippen LogP contribution in [-0.2, 0) is 9.47 Å². The van der Waals surface area contributed by atoms with E-state index in [4.69, 9.17) is 9.47 Å². The SMILES string of the molecule is COC[C@@H]1[C@H](C)OC[C@@H]1C. The summed E-state index contributed by atoms with van der Waals surface area (Å²) in [7, 11) is 1.75. The van der Waals surface area contributed by atoms with Crippen LogP contribution < -0.4 is 0 Å². The van der Waals surface area contributed by atoms with Gasteiger partial charge in [-0.3, -0.25) is 0 Å². The van der Waals surface area contributed by atoms with Gasteiger partial charge >= 0.3 is 0 Å². The van der Waals surface area contributed by atoms with Crippen molar-refractivity contribution in [2.75, 3.05) is 20.3 Å². The molecule has 60 valence electrons. The fourth-order valence-corrected chi connectivity index (χ4v) is 1.51. The quantitative estimate of drug-likeness (QED) is 0.581. The Hall–Kier alpha value is -0.0800. The van der Waals surface area contributed by atoms with Gasteiger partial charge in [0.2, 0.25) is 0 Å². The molecule has 0 radical (unpaired) electrons. The third-order valence-electron chi connectivity index (χ3n) is 2.31. The van der Waals surface area contributed by atoms with E-state index in [2.05, 4.69) is 13.8 Å². The van der Waals surface area contributed by atoms with Gasteiger partial charge in [-0.25, -0.2) is 0 Å². The minimum atomic E-state index is 0.384. The third-order valence-corrected chi connectivity index (χ3v) is 2.31. The van der Waals surface area contributed by atoms with Crippen LogP contribution in [0.15, 0.2) is 0 Å². The molecule has 0 spiro atoms. The largest absolute Gasteiger partial charge is 0.384 e. The van der Waals surface area contributed by atoms with Crippen molar-refractivity contribution in [3.63, 3.8) is 0 Å². The van der Waals surface area contributed by atoms with Crippen molar-refractivity contribution in [3.05, 3.63) is 0 Å². The van der Waals surface area contributed by atoms with E-state index in [-0.39, 0.29) is 0 Å². The second-order valence-corrected chi connectivity index (χ2v) is 3.13. The van der Waals surface area contributed by atoms with E-state index in [0.29, 0.717) is 17.9 Å². The zero-order valence-corrected chi connectivity index (χ0v) is 6.96. The molecule has 0 amide bonds. The van der Waals surface area contributed by atoms with Crippen molar-refractivity contribution < 1.29 is 9.47 Å². The molecule has 0 aromatic heterocycles. The number of hydrogen-bond acceptors (Lipinski definition) is 2. The minimum absolute atomic E-state index is 0.384. The monoisotopic (exact) mass is 144 g/mol. The Balaban J connectivity index is 2.38. The van der Waals surface area contributed by atoms with Crippen LogP contribution in [-0.4, -0.2) is 26.4 Å². The zero-order chi connectivity index (χ0) is 7.56. The van der Waals surface area contributed by atoms with Gasteiger partial charge in [-0.05, 0) is 12.8 Å². The van der Waals surface area contributed by atoms with Crippen molar-refractivity contribution in [2.45, 2.75) is 20.0 Å². The van der Waals surface area contributed by atoms with Crippen LogP contribution in [0.25, 0.3) is 0 Å². The average Bonchev–Trinajstić information content (AvgIpc) is 2.20. The number of methoxy groups -OCH3 is 1. The van der Waals surface area contributed by atoms with Crippen LogP contribution in [0, 0.1) is 11.8 Å². The van der Waals surface area contributed by atoms with Crippen LogP contribution in [0.1, 0.15) is 13.8 Å². The molecule has 1 aliphatic rings. The summed E-state index contributed by atoms with van der Waals surface area (Å²) in [4.78, 5) is 0. The lowest BCUT2D eigenvalue weighted by atomic mass is 9.94. The van der Waals surface area contributed by atoms with Crippen LogP contribution in [0.3, 0.4) is 0 Å². The molecule has 1 heterocycles. The average molecular weight is 144 g/mol.